The van der Waals surface area contributed by atoms with Crippen LogP contribution in [0.3, 0.4) is 0 Å². The Morgan fingerprint density at radius 2 is 1.64 bits per heavy atom. The number of likely N-dealkylation sites (tertiary alicyclic amines) is 1. The Morgan fingerprint density at radius 3 is 2.30 bits per heavy atom. The monoisotopic (exact) mass is 471 g/mol. The molecule has 8 heteroatoms. The van der Waals surface area contributed by atoms with Gasteiger partial charge in [-0.25, -0.2) is 8.42 Å². The molecule has 33 heavy (non-hydrogen) atoms. The molecule has 4 rings (SSSR count). The Kier molecular flexibility index (Phi) is 7.80. The van der Waals surface area contributed by atoms with Crippen LogP contribution in [0.5, 0.6) is 0 Å². The number of hydrogen-bond acceptors (Lipinski definition) is 5. The molecule has 0 aromatic heterocycles. The molecule has 2 aliphatic heterocycles. The number of amides is 1. The SMILES string of the molecule is CC1CCCCN1Cc1ccc(CNC(=O)c2ccc(S(=O)(=O)N3CCOCC3)cc2)cc1. The molecule has 1 atom stereocenters. The summed E-state index contributed by atoms with van der Waals surface area (Å²) in [6, 6.07) is 15.1. The van der Waals surface area contributed by atoms with Crippen molar-refractivity contribution in [1.82, 2.24) is 14.5 Å². The van der Waals surface area contributed by atoms with Gasteiger partial charge in [-0.3, -0.25) is 9.69 Å². The number of nitrogens with zero attached hydrogens (tertiary/aromatic N) is 2. The second kappa shape index (κ2) is 10.8. The summed E-state index contributed by atoms with van der Waals surface area (Å²) in [4.78, 5) is 15.3. The molecule has 1 unspecified atom stereocenters. The average Bonchev–Trinajstić information content (AvgIpc) is 2.85. The lowest BCUT2D eigenvalue weighted by atomic mass is 10.0. The highest BCUT2D eigenvalue weighted by atomic mass is 32.2. The van der Waals surface area contributed by atoms with Gasteiger partial charge >= 0.3 is 0 Å². The van der Waals surface area contributed by atoms with E-state index in [1.807, 2.05) is 0 Å². The Hall–Kier alpha value is -2.26. The molecule has 0 spiro atoms. The molecule has 2 aromatic rings. The van der Waals surface area contributed by atoms with Gasteiger partial charge in [-0.15, -0.1) is 0 Å². The van der Waals surface area contributed by atoms with Gasteiger partial charge < -0.3 is 10.1 Å². The van der Waals surface area contributed by atoms with Crippen molar-refractivity contribution in [3.8, 4) is 0 Å². The van der Waals surface area contributed by atoms with Crippen LogP contribution in [0.25, 0.3) is 0 Å². The average molecular weight is 472 g/mol. The molecule has 0 bridgehead atoms. The molecule has 0 radical (unpaired) electrons. The molecule has 178 valence electrons. The topological polar surface area (TPSA) is 79.0 Å². The normalized spacial score (nSPS) is 20.5. The summed E-state index contributed by atoms with van der Waals surface area (Å²) in [5, 5.41) is 2.92. The van der Waals surface area contributed by atoms with E-state index in [1.54, 1.807) is 12.1 Å². The maximum absolute atomic E-state index is 12.7. The minimum atomic E-state index is -3.56. The van der Waals surface area contributed by atoms with Crippen molar-refractivity contribution in [3.63, 3.8) is 0 Å². The lowest BCUT2D eigenvalue weighted by Gasteiger charge is -2.33. The first-order chi connectivity index (χ1) is 15.9. The van der Waals surface area contributed by atoms with E-state index in [4.69, 9.17) is 4.74 Å². The van der Waals surface area contributed by atoms with E-state index in [2.05, 4.69) is 41.4 Å². The quantitative estimate of drug-likeness (QED) is 0.672. The van der Waals surface area contributed by atoms with Crippen molar-refractivity contribution in [1.29, 1.82) is 0 Å². The van der Waals surface area contributed by atoms with Gasteiger partial charge in [0.05, 0.1) is 18.1 Å². The Bertz CT molecular complexity index is 1030. The van der Waals surface area contributed by atoms with Gasteiger partial charge in [-0.1, -0.05) is 30.7 Å². The first kappa shape index (κ1) is 23.9. The minimum Gasteiger partial charge on any atom is -0.379 e. The molecule has 2 saturated heterocycles. The number of sulfonamides is 1. The summed E-state index contributed by atoms with van der Waals surface area (Å²) >= 11 is 0. The first-order valence-corrected chi connectivity index (χ1v) is 13.2. The second-order valence-electron chi connectivity index (χ2n) is 8.86. The van der Waals surface area contributed by atoms with E-state index in [0.29, 0.717) is 44.5 Å². The van der Waals surface area contributed by atoms with Crippen LogP contribution in [-0.4, -0.2) is 62.4 Å². The Balaban J connectivity index is 1.30. The highest BCUT2D eigenvalue weighted by Gasteiger charge is 2.26. The summed E-state index contributed by atoms with van der Waals surface area (Å²) in [7, 11) is -3.56. The molecule has 1 N–H and O–H groups in total. The van der Waals surface area contributed by atoms with Crippen molar-refractivity contribution in [2.45, 2.75) is 50.2 Å². The van der Waals surface area contributed by atoms with Crippen LogP contribution < -0.4 is 5.32 Å². The van der Waals surface area contributed by atoms with Crippen LogP contribution in [-0.2, 0) is 27.8 Å². The summed E-state index contributed by atoms with van der Waals surface area (Å²) in [6.07, 6.45) is 3.86. The summed E-state index contributed by atoms with van der Waals surface area (Å²) in [5.74, 6) is -0.225. The second-order valence-corrected chi connectivity index (χ2v) is 10.8. The van der Waals surface area contributed by atoms with Crippen molar-refractivity contribution < 1.29 is 17.9 Å². The fourth-order valence-corrected chi connectivity index (χ4v) is 5.80. The van der Waals surface area contributed by atoms with E-state index in [0.717, 1.165) is 18.7 Å². The molecule has 2 heterocycles. The number of rotatable bonds is 7. The molecule has 7 nitrogen and oxygen atoms in total. The van der Waals surface area contributed by atoms with Gasteiger partial charge in [-0.2, -0.15) is 4.31 Å². The zero-order chi connectivity index (χ0) is 23.3. The van der Waals surface area contributed by atoms with Crippen LogP contribution in [0.1, 0.15) is 47.7 Å². The van der Waals surface area contributed by atoms with Gasteiger partial charge in [0.2, 0.25) is 10.0 Å². The fourth-order valence-electron chi connectivity index (χ4n) is 4.39. The first-order valence-electron chi connectivity index (χ1n) is 11.7. The number of carbonyl (C=O) groups is 1. The highest BCUT2D eigenvalue weighted by molar-refractivity contribution is 7.89. The predicted octanol–water partition coefficient (Wildman–Crippen LogP) is 3.01. The standard InChI is InChI=1S/C25H33N3O4S/c1-20-4-2-3-13-27(20)19-22-7-5-21(6-8-22)18-26-25(29)23-9-11-24(12-10-23)33(30,31)28-14-16-32-17-15-28/h5-12,20H,2-4,13-19H2,1H3,(H,26,29). The van der Waals surface area contributed by atoms with Crippen molar-refractivity contribution in [2.75, 3.05) is 32.8 Å². The van der Waals surface area contributed by atoms with Crippen molar-refractivity contribution >= 4 is 15.9 Å². The lowest BCUT2D eigenvalue weighted by molar-refractivity contribution is 0.0730. The highest BCUT2D eigenvalue weighted by Crippen LogP contribution is 2.20. The van der Waals surface area contributed by atoms with Crippen LogP contribution >= 0.6 is 0 Å². The third kappa shape index (κ3) is 6.00. The molecule has 0 saturated carbocycles. The van der Waals surface area contributed by atoms with Crippen molar-refractivity contribution in [2.24, 2.45) is 0 Å². The van der Waals surface area contributed by atoms with E-state index in [1.165, 1.54) is 41.3 Å². The molecular weight excluding hydrogens is 438 g/mol. The number of benzene rings is 2. The van der Waals surface area contributed by atoms with Gasteiger partial charge in [0.1, 0.15) is 0 Å². The zero-order valence-electron chi connectivity index (χ0n) is 19.2. The van der Waals surface area contributed by atoms with Crippen molar-refractivity contribution in [3.05, 3.63) is 65.2 Å². The van der Waals surface area contributed by atoms with Gasteiger partial charge in [0, 0.05) is 37.8 Å². The predicted molar refractivity (Wildman–Crippen MR) is 127 cm³/mol. The number of morpholine rings is 1. The summed E-state index contributed by atoms with van der Waals surface area (Å²) in [5.41, 5.74) is 2.76. The number of ether oxygens (including phenoxy) is 1. The van der Waals surface area contributed by atoms with Crippen LogP contribution in [0.15, 0.2) is 53.4 Å². The van der Waals surface area contributed by atoms with E-state index in [9.17, 15) is 13.2 Å². The Labute approximate surface area is 196 Å². The largest absolute Gasteiger partial charge is 0.379 e. The minimum absolute atomic E-state index is 0.194. The maximum atomic E-state index is 12.7. The Morgan fingerprint density at radius 1 is 0.970 bits per heavy atom. The van der Waals surface area contributed by atoms with Crippen LogP contribution in [0, 0.1) is 0 Å². The van der Waals surface area contributed by atoms with Crippen LogP contribution in [0.4, 0.5) is 0 Å². The molecule has 2 fully saturated rings. The number of nitrogens with one attached hydrogen (secondary N) is 1. The maximum Gasteiger partial charge on any atom is 0.251 e. The fraction of sp³-hybridized carbons (Fsp3) is 0.480. The van der Waals surface area contributed by atoms with E-state index >= 15 is 0 Å². The van der Waals surface area contributed by atoms with Gasteiger partial charge in [0.15, 0.2) is 0 Å². The summed E-state index contributed by atoms with van der Waals surface area (Å²) in [6.45, 7) is 6.34. The molecular formula is C25H33N3O4S. The van der Waals surface area contributed by atoms with Gasteiger partial charge in [-0.05, 0) is 61.7 Å². The lowest BCUT2D eigenvalue weighted by Crippen LogP contribution is -2.40. The summed E-state index contributed by atoms with van der Waals surface area (Å²) < 4.78 is 32.1. The molecule has 1 amide bonds. The third-order valence-corrected chi connectivity index (χ3v) is 8.44. The molecule has 0 aliphatic carbocycles. The smallest absolute Gasteiger partial charge is 0.251 e. The van der Waals surface area contributed by atoms with Gasteiger partial charge in [0.25, 0.3) is 5.91 Å². The molecule has 2 aromatic carbocycles. The molecule has 2 aliphatic rings. The van der Waals surface area contributed by atoms with E-state index < -0.39 is 10.0 Å². The van der Waals surface area contributed by atoms with Crippen LogP contribution in [0.2, 0.25) is 0 Å². The number of hydrogen-bond donors (Lipinski definition) is 1. The zero-order valence-corrected chi connectivity index (χ0v) is 20.0. The third-order valence-electron chi connectivity index (χ3n) is 6.53. The van der Waals surface area contributed by atoms with E-state index in [-0.39, 0.29) is 10.8 Å². The number of carbonyl (C=O) groups excluding carboxylic acids is 1. The number of piperidine rings is 1.